The molecule has 4 N–H and O–H groups in total. The molecule has 2 saturated heterocycles. The molecule has 1 aromatic rings. The number of carbonyl (C=O) groups excluding carboxylic acids is 2. The van der Waals surface area contributed by atoms with E-state index in [1.165, 1.54) is 21.0 Å². The van der Waals surface area contributed by atoms with Crippen LogP contribution in [0.5, 0.6) is 5.75 Å². The topological polar surface area (TPSA) is 204 Å². The maximum absolute atomic E-state index is 14.2. The summed E-state index contributed by atoms with van der Waals surface area (Å²) in [6.45, 7) is 13.5. The molecule has 1 aromatic carbocycles. The first-order valence-electron chi connectivity index (χ1n) is 20.3. The number of benzene rings is 1. The first kappa shape index (κ1) is 49.4. The van der Waals surface area contributed by atoms with Gasteiger partial charge in [-0.15, -0.1) is 0 Å². The number of hydrogen-bond acceptors (Lipinski definition) is 16. The lowest BCUT2D eigenvalue weighted by Crippen LogP contribution is -2.60. The predicted molar refractivity (Wildman–Crippen MR) is 214 cm³/mol. The second-order valence-electron chi connectivity index (χ2n) is 16.7. The summed E-state index contributed by atoms with van der Waals surface area (Å²) in [5.41, 5.74) is -2.88. The maximum atomic E-state index is 14.2. The fourth-order valence-electron chi connectivity index (χ4n) is 8.23. The molecule has 2 heterocycles. The van der Waals surface area contributed by atoms with Crippen molar-refractivity contribution in [3.05, 3.63) is 29.8 Å². The molecule has 0 aromatic heterocycles. The van der Waals surface area contributed by atoms with E-state index >= 15 is 0 Å². The number of aliphatic hydroxyl groups is 4. The van der Waals surface area contributed by atoms with E-state index in [0.29, 0.717) is 24.3 Å². The summed E-state index contributed by atoms with van der Waals surface area (Å²) >= 11 is 0. The zero-order chi connectivity index (χ0) is 43.5. The quantitative estimate of drug-likeness (QED) is 0.0922. The van der Waals surface area contributed by atoms with Gasteiger partial charge in [-0.2, -0.15) is 0 Å². The number of carbonyl (C=O) groups is 2. The average molecular weight is 827 g/mol. The fourth-order valence-corrected chi connectivity index (χ4v) is 8.23. The number of rotatable bonds is 14. The third-order valence-corrected chi connectivity index (χ3v) is 11.6. The Morgan fingerprint density at radius 3 is 2.24 bits per heavy atom. The fraction of sp³-hybridized carbons (Fsp3) is 0.786. The van der Waals surface area contributed by atoms with Gasteiger partial charge in [0.25, 0.3) is 0 Å². The van der Waals surface area contributed by atoms with Crippen molar-refractivity contribution in [2.24, 2.45) is 28.8 Å². The summed E-state index contributed by atoms with van der Waals surface area (Å²) in [6, 6.07) is 6.55. The monoisotopic (exact) mass is 826 g/mol. The van der Waals surface area contributed by atoms with Gasteiger partial charge in [0.1, 0.15) is 29.7 Å². The van der Waals surface area contributed by atoms with E-state index in [4.69, 9.17) is 38.0 Å². The van der Waals surface area contributed by atoms with Crippen molar-refractivity contribution in [3.63, 3.8) is 0 Å². The molecule has 0 radical (unpaired) electrons. The minimum atomic E-state index is -1.99. The zero-order valence-corrected chi connectivity index (χ0v) is 36.5. The Hall–Kier alpha value is -2.93. The number of ether oxygens (including phenoxy) is 7. The van der Waals surface area contributed by atoms with Crippen LogP contribution in [0.2, 0.25) is 0 Å². The smallest absolute Gasteiger partial charge is 0.312 e. The highest BCUT2D eigenvalue weighted by Gasteiger charge is 2.52. The lowest BCUT2D eigenvalue weighted by Gasteiger charge is -2.47. The van der Waals surface area contributed by atoms with Gasteiger partial charge in [0.05, 0.1) is 62.3 Å². The second kappa shape index (κ2) is 22.1. The van der Waals surface area contributed by atoms with Crippen LogP contribution in [0.15, 0.2) is 29.4 Å². The minimum Gasteiger partial charge on any atom is -0.497 e. The van der Waals surface area contributed by atoms with Crippen molar-refractivity contribution < 1.29 is 68.0 Å². The molecule has 332 valence electrons. The number of esters is 2. The zero-order valence-electron chi connectivity index (χ0n) is 36.5. The molecule has 58 heavy (non-hydrogen) atoms. The third-order valence-electron chi connectivity index (χ3n) is 11.6. The molecular formula is C42H70N2O14. The lowest BCUT2D eigenvalue weighted by molar-refractivity contribution is -0.299. The van der Waals surface area contributed by atoms with Crippen LogP contribution in [0, 0.1) is 23.7 Å². The first-order valence-corrected chi connectivity index (χ1v) is 20.3. The highest BCUT2D eigenvalue weighted by molar-refractivity contribution is 5.88. The minimum absolute atomic E-state index is 0.0635. The molecule has 0 amide bonds. The van der Waals surface area contributed by atoms with Gasteiger partial charge in [-0.25, -0.2) is 0 Å². The van der Waals surface area contributed by atoms with Gasteiger partial charge in [0, 0.05) is 30.9 Å². The Labute approximate surface area is 344 Å². The lowest BCUT2D eigenvalue weighted by atomic mass is 9.73. The van der Waals surface area contributed by atoms with Crippen LogP contribution in [-0.4, -0.2) is 151 Å². The van der Waals surface area contributed by atoms with Gasteiger partial charge >= 0.3 is 11.9 Å². The number of methoxy groups -OCH3 is 2. The summed E-state index contributed by atoms with van der Waals surface area (Å²) < 4.78 is 40.7. The largest absolute Gasteiger partial charge is 0.497 e. The Morgan fingerprint density at radius 1 is 1.00 bits per heavy atom. The molecule has 2 fully saturated rings. The predicted octanol–water partition coefficient (Wildman–Crippen LogP) is 3.09. The van der Waals surface area contributed by atoms with Gasteiger partial charge in [-0.3, -0.25) is 9.59 Å². The number of aliphatic hydroxyl groups excluding tert-OH is 2. The Bertz CT molecular complexity index is 1460. The first-order chi connectivity index (χ1) is 27.2. The van der Waals surface area contributed by atoms with Crippen LogP contribution < -0.4 is 4.74 Å². The van der Waals surface area contributed by atoms with E-state index in [0.717, 1.165) is 0 Å². The molecular weight excluding hydrogens is 756 g/mol. The molecule has 0 saturated carbocycles. The number of likely N-dealkylation sites (N-methyl/N-ethyl adjacent to an activating group) is 1. The van der Waals surface area contributed by atoms with E-state index < -0.39 is 83.6 Å². The van der Waals surface area contributed by atoms with Crippen LogP contribution in [0.4, 0.5) is 0 Å². The highest BCUT2D eigenvalue weighted by Crippen LogP contribution is 2.39. The van der Waals surface area contributed by atoms with E-state index in [9.17, 15) is 30.0 Å². The molecule has 0 bridgehead atoms. The number of cyclic esters (lactones) is 1. The summed E-state index contributed by atoms with van der Waals surface area (Å²) in [5, 5.41) is 52.3. The molecule has 3 rings (SSSR count). The molecule has 0 aliphatic carbocycles. The third kappa shape index (κ3) is 12.8. The summed E-state index contributed by atoms with van der Waals surface area (Å²) in [7, 11) is 6.77. The van der Waals surface area contributed by atoms with Crippen molar-refractivity contribution in [1.29, 1.82) is 0 Å². The van der Waals surface area contributed by atoms with Gasteiger partial charge in [-0.05, 0) is 78.7 Å². The maximum Gasteiger partial charge on any atom is 0.312 e. The van der Waals surface area contributed by atoms with Crippen LogP contribution in [0.3, 0.4) is 0 Å². The molecule has 0 spiro atoms. The van der Waals surface area contributed by atoms with E-state index in [2.05, 4.69) is 5.16 Å². The summed E-state index contributed by atoms with van der Waals surface area (Å²) in [5.74, 6) is -4.49. The van der Waals surface area contributed by atoms with Crippen molar-refractivity contribution in [2.45, 2.75) is 141 Å². The number of nitrogens with zero attached hydrogens (tertiary/aromatic N) is 2. The Balaban J connectivity index is 2.18. The normalized spacial score (nSPS) is 37.5. The van der Waals surface area contributed by atoms with E-state index in [1.807, 2.05) is 25.9 Å². The molecule has 0 unspecified atom stereocenters. The van der Waals surface area contributed by atoms with E-state index in [-0.39, 0.29) is 50.5 Å². The Kier molecular flexibility index (Phi) is 18.8. The summed E-state index contributed by atoms with van der Waals surface area (Å²) in [6.07, 6.45) is -7.48. The van der Waals surface area contributed by atoms with Gasteiger partial charge in [0.15, 0.2) is 6.29 Å². The molecule has 2 aliphatic rings. The molecule has 16 nitrogen and oxygen atoms in total. The van der Waals surface area contributed by atoms with Gasteiger partial charge in [0.2, 0.25) is 6.79 Å². The highest BCUT2D eigenvalue weighted by atomic mass is 16.7. The van der Waals surface area contributed by atoms with Crippen molar-refractivity contribution >= 4 is 17.7 Å². The molecule has 14 atom stereocenters. The standard InChI is InChI=1S/C42H70N2O14/c1-13-32-42(8,50)37(47)26(4)34(43-54-23-53-19-18-51-11)24(2)22-41(7,49)38(58-40-35(46)31(44(9)10)20-25(3)55-40)27(5)36(28(6)39(48)56-32)57-33(45)21-29-14-16-30(52-12)17-15-29/h14-17,24-28,31-32,35-38,40,46-47,49-50H,13,18-23H2,1-12H3/b43-34+/t24-,25-,26+,27+,28-,31+,32-,35-,36+,37-,38-,40+,41-,42-/m1/s1. The van der Waals surface area contributed by atoms with Crippen molar-refractivity contribution in [2.75, 3.05) is 48.3 Å². The van der Waals surface area contributed by atoms with Gasteiger partial charge in [-0.1, -0.05) is 45.0 Å². The second-order valence-corrected chi connectivity index (χ2v) is 16.7. The Morgan fingerprint density at radius 2 is 1.66 bits per heavy atom. The number of hydrogen-bond donors (Lipinski definition) is 4. The van der Waals surface area contributed by atoms with Crippen molar-refractivity contribution in [3.8, 4) is 5.75 Å². The number of oxime groups is 1. The molecule has 16 heteroatoms. The van der Waals surface area contributed by atoms with Crippen molar-refractivity contribution in [1.82, 2.24) is 4.90 Å². The average Bonchev–Trinajstić information content (AvgIpc) is 3.17. The van der Waals surface area contributed by atoms with Gasteiger partial charge < -0.3 is 63.3 Å². The van der Waals surface area contributed by atoms with E-state index in [1.54, 1.807) is 66.0 Å². The van der Waals surface area contributed by atoms with Crippen LogP contribution in [-0.2, 0) is 49.3 Å². The van der Waals surface area contributed by atoms with Crippen LogP contribution in [0.1, 0.15) is 80.2 Å². The van der Waals surface area contributed by atoms with Crippen LogP contribution in [0.25, 0.3) is 0 Å². The van der Waals surface area contributed by atoms with Crippen LogP contribution >= 0.6 is 0 Å². The summed E-state index contributed by atoms with van der Waals surface area (Å²) in [4.78, 5) is 35.4. The SMILES string of the molecule is CC[C@H]1OC(=O)[C@H](C)[C@@H](OC(=O)Cc2ccc(OC)cc2)[C@H](C)[C@@H](O[C@@H]2O[C@H](C)C[C@H](N(C)C)[C@H]2O)[C@](C)(O)C[C@@H](C)/C(=N\OCOCCOC)[C@H](C)[C@@H](O)[C@]1(C)O. The molecule has 2 aliphatic heterocycles.